The Morgan fingerprint density at radius 1 is 1.28 bits per heavy atom. The first-order valence-corrected chi connectivity index (χ1v) is 8.26. The molecule has 1 heterocycles. The fourth-order valence-corrected chi connectivity index (χ4v) is 3.97. The second-order valence-corrected chi connectivity index (χ2v) is 7.20. The highest BCUT2D eigenvalue weighted by atomic mass is 79.9. The fraction of sp³-hybridized carbons (Fsp3) is 0.308. The first kappa shape index (κ1) is 12.8. The highest BCUT2D eigenvalue weighted by molar-refractivity contribution is 9.13. The summed E-state index contributed by atoms with van der Waals surface area (Å²) in [4.78, 5) is 6.02. The first-order valence-electron chi connectivity index (χ1n) is 5.86. The summed E-state index contributed by atoms with van der Waals surface area (Å²) in [6.07, 6.45) is 3.30. The number of fused-ring (bicyclic) bond motifs is 1. The van der Waals surface area contributed by atoms with Crippen LogP contribution < -0.4 is 5.73 Å². The van der Waals surface area contributed by atoms with Crippen LogP contribution in [0.1, 0.15) is 29.5 Å². The van der Waals surface area contributed by atoms with Crippen molar-refractivity contribution in [3.8, 4) is 10.6 Å². The van der Waals surface area contributed by atoms with Crippen molar-refractivity contribution in [1.82, 2.24) is 4.98 Å². The molecule has 0 saturated heterocycles. The molecule has 0 radical (unpaired) electrons. The number of aromatic nitrogens is 1. The largest absolute Gasteiger partial charge is 0.323 e. The lowest BCUT2D eigenvalue weighted by atomic mass is 9.99. The van der Waals surface area contributed by atoms with Crippen LogP contribution in [-0.2, 0) is 6.42 Å². The van der Waals surface area contributed by atoms with E-state index in [1.807, 2.05) is 6.07 Å². The summed E-state index contributed by atoms with van der Waals surface area (Å²) in [6, 6.07) is 6.41. The Bertz CT molecular complexity index is 595. The summed E-state index contributed by atoms with van der Waals surface area (Å²) in [5.74, 6) is 0. The molecule has 1 unspecified atom stereocenters. The number of benzene rings is 1. The van der Waals surface area contributed by atoms with Crippen molar-refractivity contribution in [1.29, 1.82) is 0 Å². The number of nitrogens with zero attached hydrogens (tertiary/aromatic N) is 1. The molecule has 0 spiro atoms. The number of hydrogen-bond acceptors (Lipinski definition) is 3. The van der Waals surface area contributed by atoms with Crippen LogP contribution in [0.25, 0.3) is 10.6 Å². The summed E-state index contributed by atoms with van der Waals surface area (Å²) >= 11 is 8.76. The predicted octanol–water partition coefficient (Wildman–Crippen LogP) is 4.67. The minimum absolute atomic E-state index is 0.180. The van der Waals surface area contributed by atoms with Crippen LogP contribution in [0.2, 0.25) is 0 Å². The summed E-state index contributed by atoms with van der Waals surface area (Å²) < 4.78 is 2.11. The summed E-state index contributed by atoms with van der Waals surface area (Å²) in [7, 11) is 0. The molecule has 94 valence electrons. The molecular formula is C13H12Br2N2S. The maximum Gasteiger partial charge on any atom is 0.123 e. The summed E-state index contributed by atoms with van der Waals surface area (Å²) in [6.45, 7) is 0. The van der Waals surface area contributed by atoms with Gasteiger partial charge in [-0.15, -0.1) is 11.3 Å². The Hall–Kier alpha value is -0.230. The van der Waals surface area contributed by atoms with Crippen LogP contribution in [0, 0.1) is 0 Å². The number of thiazole rings is 1. The van der Waals surface area contributed by atoms with E-state index in [0.717, 1.165) is 38.8 Å². The molecule has 0 bridgehead atoms. The molecule has 18 heavy (non-hydrogen) atoms. The van der Waals surface area contributed by atoms with Gasteiger partial charge in [0.05, 0.1) is 5.69 Å². The van der Waals surface area contributed by atoms with Gasteiger partial charge in [-0.3, -0.25) is 0 Å². The van der Waals surface area contributed by atoms with Crippen molar-refractivity contribution >= 4 is 43.2 Å². The van der Waals surface area contributed by atoms with E-state index in [0.29, 0.717) is 0 Å². The van der Waals surface area contributed by atoms with Crippen molar-refractivity contribution in [2.24, 2.45) is 5.73 Å². The summed E-state index contributed by atoms with van der Waals surface area (Å²) in [5.41, 5.74) is 8.50. The number of rotatable bonds is 1. The average Bonchev–Trinajstić information content (AvgIpc) is 2.78. The van der Waals surface area contributed by atoms with E-state index >= 15 is 0 Å². The van der Waals surface area contributed by atoms with Crippen LogP contribution in [0.3, 0.4) is 0 Å². The molecule has 5 heteroatoms. The normalized spacial score (nSPS) is 18.7. The Morgan fingerprint density at radius 3 is 2.83 bits per heavy atom. The molecule has 0 aliphatic heterocycles. The van der Waals surface area contributed by atoms with Crippen LogP contribution in [0.5, 0.6) is 0 Å². The Kier molecular flexibility index (Phi) is 3.58. The van der Waals surface area contributed by atoms with E-state index in [4.69, 9.17) is 10.7 Å². The highest BCUT2D eigenvalue weighted by Crippen LogP contribution is 2.38. The van der Waals surface area contributed by atoms with Gasteiger partial charge in [0.1, 0.15) is 5.01 Å². The Labute approximate surface area is 127 Å². The molecule has 1 atom stereocenters. The minimum atomic E-state index is 0.180. The Morgan fingerprint density at radius 2 is 2.11 bits per heavy atom. The van der Waals surface area contributed by atoms with Gasteiger partial charge in [-0.2, -0.15) is 0 Å². The van der Waals surface area contributed by atoms with E-state index in [2.05, 4.69) is 44.0 Å². The number of hydrogen-bond donors (Lipinski definition) is 1. The minimum Gasteiger partial charge on any atom is -0.323 e. The average molecular weight is 388 g/mol. The molecule has 1 aliphatic carbocycles. The van der Waals surface area contributed by atoms with Crippen LogP contribution in [0.15, 0.2) is 27.1 Å². The van der Waals surface area contributed by atoms with E-state index in [-0.39, 0.29) is 6.04 Å². The molecule has 1 aromatic heterocycles. The zero-order valence-corrected chi connectivity index (χ0v) is 13.6. The van der Waals surface area contributed by atoms with Crippen molar-refractivity contribution < 1.29 is 0 Å². The molecule has 2 aromatic rings. The second-order valence-electron chi connectivity index (χ2n) is 4.46. The van der Waals surface area contributed by atoms with Gasteiger partial charge in [0.15, 0.2) is 0 Å². The molecular weight excluding hydrogens is 376 g/mol. The molecule has 2 nitrogen and oxygen atoms in total. The molecule has 0 fully saturated rings. The second kappa shape index (κ2) is 5.04. The van der Waals surface area contributed by atoms with Crippen LogP contribution in [-0.4, -0.2) is 4.98 Å². The predicted molar refractivity (Wildman–Crippen MR) is 82.8 cm³/mol. The maximum atomic E-state index is 6.15. The van der Waals surface area contributed by atoms with Crippen LogP contribution in [0.4, 0.5) is 0 Å². The monoisotopic (exact) mass is 386 g/mol. The molecule has 1 aliphatic rings. The van der Waals surface area contributed by atoms with Crippen molar-refractivity contribution in [2.45, 2.75) is 25.3 Å². The zero-order valence-electron chi connectivity index (χ0n) is 9.62. The van der Waals surface area contributed by atoms with E-state index in [1.54, 1.807) is 11.3 Å². The lowest BCUT2D eigenvalue weighted by Gasteiger charge is -2.15. The molecule has 0 saturated carbocycles. The quantitative estimate of drug-likeness (QED) is 0.771. The van der Waals surface area contributed by atoms with Gasteiger partial charge in [-0.25, -0.2) is 4.98 Å². The van der Waals surface area contributed by atoms with Gasteiger partial charge < -0.3 is 5.73 Å². The van der Waals surface area contributed by atoms with Crippen molar-refractivity contribution in [3.63, 3.8) is 0 Å². The first-order chi connectivity index (χ1) is 8.65. The van der Waals surface area contributed by atoms with E-state index in [1.165, 1.54) is 10.6 Å². The van der Waals surface area contributed by atoms with Gasteiger partial charge >= 0.3 is 0 Å². The molecule has 2 N–H and O–H groups in total. The maximum absolute atomic E-state index is 6.15. The summed E-state index contributed by atoms with van der Waals surface area (Å²) in [5, 5.41) is 1.07. The van der Waals surface area contributed by atoms with E-state index in [9.17, 15) is 0 Å². The molecule has 1 aromatic carbocycles. The number of nitrogens with two attached hydrogens (primary N) is 1. The zero-order chi connectivity index (χ0) is 12.7. The third-order valence-corrected chi connectivity index (χ3v) is 6.32. The van der Waals surface area contributed by atoms with Gasteiger partial charge in [-0.05, 0) is 63.3 Å². The molecule has 0 amide bonds. The standard InChI is InChI=1S/C13H12Br2N2S/c14-8-5-4-7(6-9(8)15)13-17-11-3-1-2-10(16)12(11)18-13/h4-6,10H,1-3,16H2. The SMILES string of the molecule is NC1CCCc2nc(-c3ccc(Br)c(Br)c3)sc21. The number of aryl methyl sites for hydroxylation is 1. The lowest BCUT2D eigenvalue weighted by Crippen LogP contribution is -2.15. The van der Waals surface area contributed by atoms with Gasteiger partial charge in [0.2, 0.25) is 0 Å². The van der Waals surface area contributed by atoms with Gasteiger partial charge in [0.25, 0.3) is 0 Å². The number of halogens is 2. The fourth-order valence-electron chi connectivity index (χ4n) is 2.21. The third kappa shape index (κ3) is 2.29. The van der Waals surface area contributed by atoms with Crippen LogP contribution >= 0.6 is 43.2 Å². The molecule has 3 rings (SSSR count). The lowest BCUT2D eigenvalue weighted by molar-refractivity contribution is 0.573. The van der Waals surface area contributed by atoms with Crippen molar-refractivity contribution in [3.05, 3.63) is 37.7 Å². The van der Waals surface area contributed by atoms with Gasteiger partial charge in [0, 0.05) is 25.4 Å². The highest BCUT2D eigenvalue weighted by Gasteiger charge is 2.22. The van der Waals surface area contributed by atoms with Gasteiger partial charge in [-0.1, -0.05) is 6.07 Å². The topological polar surface area (TPSA) is 38.9 Å². The van der Waals surface area contributed by atoms with E-state index < -0.39 is 0 Å². The Balaban J connectivity index is 2.04. The third-order valence-electron chi connectivity index (χ3n) is 3.16. The smallest absolute Gasteiger partial charge is 0.123 e. The van der Waals surface area contributed by atoms with Crippen molar-refractivity contribution in [2.75, 3.05) is 0 Å².